The Morgan fingerprint density at radius 1 is 1.25 bits per heavy atom. The number of hydrogen-bond acceptors (Lipinski definition) is 3. The van der Waals surface area contributed by atoms with E-state index in [1.54, 1.807) is 0 Å². The van der Waals surface area contributed by atoms with Crippen LogP contribution in [-0.4, -0.2) is 43.0 Å². The Bertz CT molecular complexity index is 521. The van der Waals surface area contributed by atoms with Crippen LogP contribution in [0.4, 0.5) is 8.78 Å². The van der Waals surface area contributed by atoms with E-state index in [2.05, 4.69) is 4.90 Å². The van der Waals surface area contributed by atoms with Crippen molar-refractivity contribution in [3.63, 3.8) is 0 Å². The van der Waals surface area contributed by atoms with Crippen LogP contribution < -0.4 is 0 Å². The number of halogens is 2. The molecule has 0 aromatic heterocycles. The van der Waals surface area contributed by atoms with Crippen LogP contribution in [0.1, 0.15) is 23.2 Å². The lowest BCUT2D eigenvalue weighted by Crippen LogP contribution is -2.55. The number of morpholine rings is 1. The van der Waals surface area contributed by atoms with Gasteiger partial charge in [-0.15, -0.1) is 0 Å². The third kappa shape index (κ3) is 2.25. The molecule has 2 unspecified atom stereocenters. The molecule has 2 fully saturated rings. The summed E-state index contributed by atoms with van der Waals surface area (Å²) < 4.78 is 32.5. The maximum absolute atomic E-state index is 13.7. The number of carbonyl (C=O) groups is 1. The summed E-state index contributed by atoms with van der Waals surface area (Å²) in [6.45, 7) is 1.20. The smallest absolute Gasteiger partial charge is 0.169 e. The van der Waals surface area contributed by atoms with Crippen LogP contribution in [0.2, 0.25) is 0 Å². The van der Waals surface area contributed by atoms with Crippen LogP contribution in [0.5, 0.6) is 0 Å². The first-order chi connectivity index (χ1) is 9.58. The number of Topliss-reactive ketones (excluding diaryl/α,β-unsaturated/α-hetero) is 1. The van der Waals surface area contributed by atoms with Crippen molar-refractivity contribution in [3.8, 4) is 0 Å². The summed E-state index contributed by atoms with van der Waals surface area (Å²) in [7, 11) is 2.03. The first-order valence-electron chi connectivity index (χ1n) is 6.86. The Balaban J connectivity index is 1.83. The molecule has 2 aliphatic rings. The summed E-state index contributed by atoms with van der Waals surface area (Å²) in [6.07, 6.45) is 1.28. The van der Waals surface area contributed by atoms with Gasteiger partial charge in [-0.3, -0.25) is 9.69 Å². The van der Waals surface area contributed by atoms with Crippen LogP contribution in [0.25, 0.3) is 0 Å². The van der Waals surface area contributed by atoms with Crippen molar-refractivity contribution < 1.29 is 18.3 Å². The average molecular weight is 281 g/mol. The van der Waals surface area contributed by atoms with Gasteiger partial charge < -0.3 is 4.74 Å². The zero-order valence-electron chi connectivity index (χ0n) is 11.3. The maximum Gasteiger partial charge on any atom is 0.169 e. The van der Waals surface area contributed by atoms with E-state index in [-0.39, 0.29) is 29.3 Å². The molecule has 2 saturated heterocycles. The lowest BCUT2D eigenvalue weighted by atomic mass is 9.81. The minimum Gasteiger partial charge on any atom is -0.378 e. The molecule has 1 aromatic rings. The third-order valence-electron chi connectivity index (χ3n) is 4.47. The van der Waals surface area contributed by atoms with Gasteiger partial charge >= 0.3 is 0 Å². The van der Waals surface area contributed by atoms with E-state index in [4.69, 9.17) is 4.74 Å². The summed E-state index contributed by atoms with van der Waals surface area (Å²) in [6, 6.07) is 4.15. The summed E-state index contributed by atoms with van der Waals surface area (Å²) >= 11 is 0. The summed E-state index contributed by atoms with van der Waals surface area (Å²) in [5.74, 6) is -2.53. The number of likely N-dealkylation sites (N-methyl/N-ethyl adjacent to an activating group) is 1. The highest BCUT2D eigenvalue weighted by molar-refractivity contribution is 5.98. The predicted octanol–water partition coefficient (Wildman–Crippen LogP) is 2.26. The fraction of sp³-hybridized carbons (Fsp3) is 0.533. The number of ether oxygens (including phenoxy) is 1. The molecule has 2 aliphatic heterocycles. The van der Waals surface area contributed by atoms with E-state index in [9.17, 15) is 13.6 Å². The molecule has 0 N–H and O–H groups in total. The number of hydrogen-bond donors (Lipinski definition) is 0. The molecule has 2 bridgehead atoms. The van der Waals surface area contributed by atoms with Crippen molar-refractivity contribution >= 4 is 5.78 Å². The number of carbonyl (C=O) groups excluding carboxylic acids is 1. The van der Waals surface area contributed by atoms with Crippen LogP contribution in [0, 0.1) is 17.6 Å². The Kier molecular flexibility index (Phi) is 3.56. The fourth-order valence-electron chi connectivity index (χ4n) is 3.22. The molecular formula is C15H17F2NO2. The van der Waals surface area contributed by atoms with Gasteiger partial charge in [-0.25, -0.2) is 8.78 Å². The van der Waals surface area contributed by atoms with Crippen LogP contribution >= 0.6 is 0 Å². The Labute approximate surface area is 116 Å². The van der Waals surface area contributed by atoms with Gasteiger partial charge in [0.15, 0.2) is 17.4 Å². The van der Waals surface area contributed by atoms with Gasteiger partial charge in [0.05, 0.1) is 18.8 Å². The molecule has 2 heterocycles. The first-order valence-corrected chi connectivity index (χ1v) is 6.86. The van der Waals surface area contributed by atoms with Gasteiger partial charge in [0.2, 0.25) is 0 Å². The largest absolute Gasteiger partial charge is 0.378 e. The summed E-state index contributed by atoms with van der Waals surface area (Å²) in [5.41, 5.74) is -0.126. The van der Waals surface area contributed by atoms with Crippen LogP contribution in [0.15, 0.2) is 18.2 Å². The molecule has 3 rings (SSSR count). The lowest BCUT2D eigenvalue weighted by molar-refractivity contribution is -0.0703. The monoisotopic (exact) mass is 281 g/mol. The van der Waals surface area contributed by atoms with E-state index in [1.165, 1.54) is 12.1 Å². The lowest BCUT2D eigenvalue weighted by Gasteiger charge is -2.46. The van der Waals surface area contributed by atoms with Gasteiger partial charge in [-0.2, -0.15) is 0 Å². The fourth-order valence-corrected chi connectivity index (χ4v) is 3.22. The van der Waals surface area contributed by atoms with E-state index in [0.717, 1.165) is 6.07 Å². The molecule has 108 valence electrons. The molecule has 0 saturated carbocycles. The van der Waals surface area contributed by atoms with Gasteiger partial charge in [0.25, 0.3) is 0 Å². The van der Waals surface area contributed by atoms with Crippen molar-refractivity contribution in [2.45, 2.75) is 24.9 Å². The average Bonchev–Trinajstić information content (AvgIpc) is 2.41. The number of piperidine rings is 1. The standard InChI is InChI=1S/C15H17F2NO2/c1-18-10-5-9(6-11(18)8-20-7-10)15(19)12-3-2-4-13(16)14(12)17/h2-4,9-11H,5-8H2,1H3. The molecule has 0 aliphatic carbocycles. The molecule has 0 spiro atoms. The van der Waals surface area contributed by atoms with Crippen molar-refractivity contribution in [1.82, 2.24) is 4.90 Å². The highest BCUT2D eigenvalue weighted by atomic mass is 19.2. The zero-order chi connectivity index (χ0) is 14.3. The first kappa shape index (κ1) is 13.6. The second-order valence-electron chi connectivity index (χ2n) is 5.64. The highest BCUT2D eigenvalue weighted by Gasteiger charge is 2.40. The molecule has 0 amide bonds. The van der Waals surface area contributed by atoms with Gasteiger partial charge in [-0.05, 0) is 32.0 Å². The number of nitrogens with zero attached hydrogens (tertiary/aromatic N) is 1. The minimum absolute atomic E-state index is 0.126. The molecule has 2 atom stereocenters. The van der Waals surface area contributed by atoms with E-state index >= 15 is 0 Å². The van der Waals surface area contributed by atoms with E-state index < -0.39 is 11.6 Å². The van der Waals surface area contributed by atoms with Gasteiger partial charge in [0.1, 0.15) is 0 Å². The highest BCUT2D eigenvalue weighted by Crippen LogP contribution is 2.32. The third-order valence-corrected chi connectivity index (χ3v) is 4.47. The Hall–Kier alpha value is -1.33. The number of ketones is 1. The quantitative estimate of drug-likeness (QED) is 0.779. The van der Waals surface area contributed by atoms with Gasteiger partial charge in [-0.1, -0.05) is 6.07 Å². The van der Waals surface area contributed by atoms with E-state index in [0.29, 0.717) is 26.1 Å². The normalized spacial score (nSPS) is 30.2. The summed E-state index contributed by atoms with van der Waals surface area (Å²) in [4.78, 5) is 14.7. The van der Waals surface area contributed by atoms with Crippen molar-refractivity contribution in [3.05, 3.63) is 35.4 Å². The Morgan fingerprint density at radius 3 is 2.55 bits per heavy atom. The van der Waals surface area contributed by atoms with Crippen molar-refractivity contribution in [2.24, 2.45) is 5.92 Å². The van der Waals surface area contributed by atoms with Gasteiger partial charge in [0, 0.05) is 18.0 Å². The Morgan fingerprint density at radius 2 is 1.90 bits per heavy atom. The van der Waals surface area contributed by atoms with E-state index in [1.807, 2.05) is 7.05 Å². The number of benzene rings is 1. The maximum atomic E-state index is 13.7. The second kappa shape index (κ2) is 5.22. The molecule has 3 nitrogen and oxygen atoms in total. The number of rotatable bonds is 2. The molecule has 5 heteroatoms. The summed E-state index contributed by atoms with van der Waals surface area (Å²) in [5, 5.41) is 0. The van der Waals surface area contributed by atoms with Crippen molar-refractivity contribution in [2.75, 3.05) is 20.3 Å². The molecular weight excluding hydrogens is 264 g/mol. The minimum atomic E-state index is -1.03. The SMILES string of the molecule is CN1C2COCC1CC(C(=O)c1cccc(F)c1F)C2. The second-order valence-corrected chi connectivity index (χ2v) is 5.64. The molecule has 20 heavy (non-hydrogen) atoms. The zero-order valence-corrected chi connectivity index (χ0v) is 11.3. The van der Waals surface area contributed by atoms with Crippen LogP contribution in [0.3, 0.4) is 0 Å². The topological polar surface area (TPSA) is 29.5 Å². The molecule has 1 aromatic carbocycles. The van der Waals surface area contributed by atoms with Crippen molar-refractivity contribution in [1.29, 1.82) is 0 Å². The van der Waals surface area contributed by atoms with Crippen LogP contribution in [-0.2, 0) is 4.74 Å². The molecule has 0 radical (unpaired) electrons. The number of fused-ring (bicyclic) bond motifs is 2. The predicted molar refractivity (Wildman–Crippen MR) is 69.6 cm³/mol.